The Morgan fingerprint density at radius 3 is 2.71 bits per heavy atom. The summed E-state index contributed by atoms with van der Waals surface area (Å²) in [5, 5.41) is 3.17. The molecule has 0 aliphatic rings. The number of halogens is 1. The third-order valence-corrected chi connectivity index (χ3v) is 2.70. The summed E-state index contributed by atoms with van der Waals surface area (Å²) >= 11 is 3.36. The quantitative estimate of drug-likeness (QED) is 0.890. The fourth-order valence-corrected chi connectivity index (χ4v) is 1.75. The lowest BCUT2D eigenvalue weighted by Gasteiger charge is -2.10. The van der Waals surface area contributed by atoms with Crippen LogP contribution in [0.5, 0.6) is 0 Å². The number of nitrogen functional groups attached to an aromatic ring is 1. The molecule has 6 heteroatoms. The van der Waals surface area contributed by atoms with Gasteiger partial charge in [-0.3, -0.25) is 4.98 Å². The highest BCUT2D eigenvalue weighted by Gasteiger charge is 2.07. The Morgan fingerprint density at radius 1 is 1.24 bits per heavy atom. The summed E-state index contributed by atoms with van der Waals surface area (Å²) in [6.07, 6.45) is 3.44. The first-order valence-electron chi connectivity index (χ1n) is 5.04. The molecule has 0 bridgehead atoms. The molecular formula is C11H12BrN5. The first kappa shape index (κ1) is 11.8. The van der Waals surface area contributed by atoms with Gasteiger partial charge < -0.3 is 11.1 Å². The van der Waals surface area contributed by atoms with Gasteiger partial charge in [-0.15, -0.1) is 0 Å². The lowest BCUT2D eigenvalue weighted by Crippen LogP contribution is -2.04. The standard InChI is InChI=1S/C11H12BrN5/c1-6-10(13)15-7(2)16-11(6)17-9-3-8(12)4-14-5-9/h3-5H,1-2H3,(H3,13,15,16,17). The van der Waals surface area contributed by atoms with Crippen molar-refractivity contribution in [2.45, 2.75) is 13.8 Å². The average Bonchev–Trinajstić information content (AvgIpc) is 2.25. The first-order chi connectivity index (χ1) is 8.06. The molecule has 0 atom stereocenters. The van der Waals surface area contributed by atoms with Gasteiger partial charge in [0.15, 0.2) is 0 Å². The van der Waals surface area contributed by atoms with Gasteiger partial charge in [-0.1, -0.05) is 0 Å². The van der Waals surface area contributed by atoms with Crippen molar-refractivity contribution in [2.24, 2.45) is 0 Å². The maximum atomic E-state index is 5.79. The number of anilines is 3. The molecule has 0 spiro atoms. The second-order valence-electron chi connectivity index (χ2n) is 3.65. The summed E-state index contributed by atoms with van der Waals surface area (Å²) in [5.41, 5.74) is 7.47. The van der Waals surface area contributed by atoms with Crippen LogP contribution < -0.4 is 11.1 Å². The smallest absolute Gasteiger partial charge is 0.139 e. The van der Waals surface area contributed by atoms with Crippen molar-refractivity contribution in [1.82, 2.24) is 15.0 Å². The number of rotatable bonds is 2. The van der Waals surface area contributed by atoms with E-state index in [9.17, 15) is 0 Å². The van der Waals surface area contributed by atoms with E-state index in [1.807, 2.05) is 13.0 Å². The molecule has 88 valence electrons. The molecule has 2 aromatic rings. The Labute approximate surface area is 108 Å². The summed E-state index contributed by atoms with van der Waals surface area (Å²) in [6, 6.07) is 1.92. The minimum Gasteiger partial charge on any atom is -0.383 e. The maximum Gasteiger partial charge on any atom is 0.139 e. The van der Waals surface area contributed by atoms with Crippen LogP contribution in [0.4, 0.5) is 17.3 Å². The van der Waals surface area contributed by atoms with Crippen molar-refractivity contribution in [3.05, 3.63) is 34.3 Å². The van der Waals surface area contributed by atoms with Crippen LogP contribution in [-0.2, 0) is 0 Å². The summed E-state index contributed by atoms with van der Waals surface area (Å²) < 4.78 is 0.902. The minimum atomic E-state index is 0.489. The van der Waals surface area contributed by atoms with Crippen LogP contribution in [0.1, 0.15) is 11.4 Å². The van der Waals surface area contributed by atoms with E-state index >= 15 is 0 Å². The van der Waals surface area contributed by atoms with Crippen molar-refractivity contribution >= 4 is 33.3 Å². The molecule has 2 aromatic heterocycles. The van der Waals surface area contributed by atoms with Crippen LogP contribution >= 0.6 is 15.9 Å². The lowest BCUT2D eigenvalue weighted by atomic mass is 10.3. The summed E-state index contributed by atoms with van der Waals surface area (Å²) in [4.78, 5) is 12.5. The highest BCUT2D eigenvalue weighted by atomic mass is 79.9. The molecule has 5 nitrogen and oxygen atoms in total. The first-order valence-corrected chi connectivity index (χ1v) is 5.84. The molecule has 0 amide bonds. The molecular weight excluding hydrogens is 282 g/mol. The van der Waals surface area contributed by atoms with Gasteiger partial charge in [-0.05, 0) is 35.8 Å². The van der Waals surface area contributed by atoms with E-state index in [4.69, 9.17) is 5.73 Å². The predicted octanol–water partition coefficient (Wildman–Crippen LogP) is 2.58. The molecule has 0 saturated carbocycles. The third kappa shape index (κ3) is 2.71. The SMILES string of the molecule is Cc1nc(N)c(C)c(Nc2cncc(Br)c2)n1. The Bertz CT molecular complexity index is 556. The van der Waals surface area contributed by atoms with Crippen molar-refractivity contribution in [3.63, 3.8) is 0 Å². The number of aromatic nitrogens is 3. The van der Waals surface area contributed by atoms with Crippen LogP contribution in [0.25, 0.3) is 0 Å². The normalized spacial score (nSPS) is 10.3. The predicted molar refractivity (Wildman–Crippen MR) is 71.1 cm³/mol. The van der Waals surface area contributed by atoms with Crippen LogP contribution in [0, 0.1) is 13.8 Å². The minimum absolute atomic E-state index is 0.489. The van der Waals surface area contributed by atoms with E-state index in [-0.39, 0.29) is 0 Å². The second kappa shape index (κ2) is 4.67. The number of nitrogens with zero attached hydrogens (tertiary/aromatic N) is 3. The van der Waals surface area contributed by atoms with Gasteiger partial charge in [0.2, 0.25) is 0 Å². The maximum absolute atomic E-state index is 5.79. The van der Waals surface area contributed by atoms with E-state index in [0.29, 0.717) is 17.5 Å². The van der Waals surface area contributed by atoms with Crippen LogP contribution in [0.3, 0.4) is 0 Å². The third-order valence-electron chi connectivity index (χ3n) is 2.26. The van der Waals surface area contributed by atoms with E-state index in [0.717, 1.165) is 15.7 Å². The second-order valence-corrected chi connectivity index (χ2v) is 4.56. The summed E-state index contributed by atoms with van der Waals surface area (Å²) in [7, 11) is 0. The van der Waals surface area contributed by atoms with Gasteiger partial charge in [0, 0.05) is 16.2 Å². The number of hydrogen-bond donors (Lipinski definition) is 2. The van der Waals surface area contributed by atoms with Gasteiger partial charge in [0.25, 0.3) is 0 Å². The van der Waals surface area contributed by atoms with Crippen molar-refractivity contribution in [3.8, 4) is 0 Å². The zero-order valence-corrected chi connectivity index (χ0v) is 11.1. The summed E-state index contributed by atoms with van der Waals surface area (Å²) in [5.74, 6) is 1.83. The number of aryl methyl sites for hydroxylation is 1. The van der Waals surface area contributed by atoms with Gasteiger partial charge in [-0.2, -0.15) is 0 Å². The molecule has 0 fully saturated rings. The largest absolute Gasteiger partial charge is 0.383 e. The number of hydrogen-bond acceptors (Lipinski definition) is 5. The van der Waals surface area contributed by atoms with Gasteiger partial charge in [-0.25, -0.2) is 9.97 Å². The van der Waals surface area contributed by atoms with Gasteiger partial charge in [0.05, 0.1) is 11.9 Å². The Kier molecular flexibility index (Phi) is 3.23. The lowest BCUT2D eigenvalue weighted by molar-refractivity contribution is 1.04. The molecule has 17 heavy (non-hydrogen) atoms. The van der Waals surface area contributed by atoms with Crippen LogP contribution in [-0.4, -0.2) is 15.0 Å². The van der Waals surface area contributed by atoms with Gasteiger partial charge in [0.1, 0.15) is 17.5 Å². The molecule has 3 N–H and O–H groups in total. The zero-order chi connectivity index (χ0) is 12.4. The average molecular weight is 294 g/mol. The molecule has 0 saturated heterocycles. The Morgan fingerprint density at radius 2 is 2.00 bits per heavy atom. The van der Waals surface area contributed by atoms with Crippen LogP contribution in [0.2, 0.25) is 0 Å². The molecule has 0 radical (unpaired) electrons. The Balaban J connectivity index is 2.36. The molecule has 0 aliphatic heterocycles. The topological polar surface area (TPSA) is 76.7 Å². The summed E-state index contributed by atoms with van der Waals surface area (Å²) in [6.45, 7) is 3.68. The molecule has 0 aliphatic carbocycles. The van der Waals surface area contributed by atoms with Crippen LogP contribution in [0.15, 0.2) is 22.9 Å². The molecule has 0 aromatic carbocycles. The monoisotopic (exact) mass is 293 g/mol. The van der Waals surface area contributed by atoms with E-state index in [2.05, 4.69) is 36.2 Å². The fraction of sp³-hybridized carbons (Fsp3) is 0.182. The van der Waals surface area contributed by atoms with E-state index in [1.165, 1.54) is 0 Å². The van der Waals surface area contributed by atoms with Crippen molar-refractivity contribution in [2.75, 3.05) is 11.1 Å². The molecule has 2 heterocycles. The van der Waals surface area contributed by atoms with E-state index < -0.39 is 0 Å². The Hall–Kier alpha value is -1.69. The molecule has 0 unspecified atom stereocenters. The fourth-order valence-electron chi connectivity index (χ4n) is 1.39. The van der Waals surface area contributed by atoms with Crippen molar-refractivity contribution < 1.29 is 0 Å². The zero-order valence-electron chi connectivity index (χ0n) is 9.53. The number of nitrogens with two attached hydrogens (primary N) is 1. The highest BCUT2D eigenvalue weighted by Crippen LogP contribution is 2.22. The highest BCUT2D eigenvalue weighted by molar-refractivity contribution is 9.10. The molecule has 2 rings (SSSR count). The van der Waals surface area contributed by atoms with E-state index in [1.54, 1.807) is 19.3 Å². The van der Waals surface area contributed by atoms with Gasteiger partial charge >= 0.3 is 0 Å². The number of nitrogens with one attached hydrogen (secondary N) is 1. The van der Waals surface area contributed by atoms with Crippen molar-refractivity contribution in [1.29, 1.82) is 0 Å². The number of pyridine rings is 1.